The second kappa shape index (κ2) is 4.81. The number of hydrogen-bond donors (Lipinski definition) is 1. The fraction of sp³-hybridized carbons (Fsp3) is 0.333. The minimum atomic E-state index is -0.233. The lowest BCUT2D eigenvalue weighted by molar-refractivity contribution is 0.0860. The van der Waals surface area contributed by atoms with Crippen LogP contribution in [0.3, 0.4) is 0 Å². The fourth-order valence-electron chi connectivity index (χ4n) is 1.74. The van der Waals surface area contributed by atoms with E-state index in [2.05, 4.69) is 14.7 Å². The van der Waals surface area contributed by atoms with Gasteiger partial charge in [0.25, 0.3) is 0 Å². The van der Waals surface area contributed by atoms with Crippen molar-refractivity contribution in [3.05, 3.63) is 30.1 Å². The SMILES string of the molecule is CCNc1nc(C2COc3ccccc3O2)ns1. The van der Waals surface area contributed by atoms with E-state index in [4.69, 9.17) is 9.47 Å². The van der Waals surface area contributed by atoms with Gasteiger partial charge in [0.2, 0.25) is 5.13 Å². The molecule has 94 valence electrons. The van der Waals surface area contributed by atoms with Crippen LogP contribution in [0.2, 0.25) is 0 Å². The first-order valence-corrected chi connectivity index (χ1v) is 6.60. The zero-order valence-corrected chi connectivity index (χ0v) is 10.7. The van der Waals surface area contributed by atoms with Crippen LogP contribution < -0.4 is 14.8 Å². The van der Waals surface area contributed by atoms with Crippen LogP contribution in [0.4, 0.5) is 5.13 Å². The highest BCUT2D eigenvalue weighted by molar-refractivity contribution is 7.09. The van der Waals surface area contributed by atoms with E-state index < -0.39 is 0 Å². The molecule has 0 fully saturated rings. The predicted octanol–water partition coefficient (Wildman–Crippen LogP) is 2.48. The number of nitrogens with zero attached hydrogens (tertiary/aromatic N) is 2. The molecule has 0 radical (unpaired) electrons. The van der Waals surface area contributed by atoms with Gasteiger partial charge in [-0.05, 0) is 19.1 Å². The number of fused-ring (bicyclic) bond motifs is 1. The molecule has 0 amide bonds. The van der Waals surface area contributed by atoms with Crippen molar-refractivity contribution < 1.29 is 9.47 Å². The third kappa shape index (κ3) is 2.11. The van der Waals surface area contributed by atoms with Gasteiger partial charge < -0.3 is 14.8 Å². The number of rotatable bonds is 3. The van der Waals surface area contributed by atoms with Gasteiger partial charge >= 0.3 is 0 Å². The van der Waals surface area contributed by atoms with E-state index in [0.29, 0.717) is 12.4 Å². The third-order valence-corrected chi connectivity index (χ3v) is 3.25. The lowest BCUT2D eigenvalue weighted by atomic mass is 10.2. The molecule has 5 nitrogen and oxygen atoms in total. The van der Waals surface area contributed by atoms with Crippen molar-refractivity contribution in [2.75, 3.05) is 18.5 Å². The number of benzene rings is 1. The molecular formula is C12H13N3O2S. The summed E-state index contributed by atoms with van der Waals surface area (Å²) < 4.78 is 15.8. The molecular weight excluding hydrogens is 250 g/mol. The van der Waals surface area contributed by atoms with Crippen LogP contribution in [0.5, 0.6) is 11.5 Å². The molecule has 1 aliphatic heterocycles. The number of ether oxygens (including phenoxy) is 2. The van der Waals surface area contributed by atoms with Crippen molar-refractivity contribution in [3.8, 4) is 11.5 Å². The Morgan fingerprint density at radius 3 is 3.06 bits per heavy atom. The van der Waals surface area contributed by atoms with Gasteiger partial charge in [0, 0.05) is 18.1 Å². The van der Waals surface area contributed by atoms with Crippen LogP contribution in [-0.4, -0.2) is 22.5 Å². The molecule has 3 rings (SSSR count). The zero-order valence-electron chi connectivity index (χ0n) is 9.92. The highest BCUT2D eigenvalue weighted by atomic mass is 32.1. The third-order valence-electron chi connectivity index (χ3n) is 2.57. The number of nitrogens with one attached hydrogen (secondary N) is 1. The van der Waals surface area contributed by atoms with Crippen LogP contribution in [0, 0.1) is 0 Å². The molecule has 2 heterocycles. The predicted molar refractivity (Wildman–Crippen MR) is 69.4 cm³/mol. The average molecular weight is 263 g/mol. The summed E-state index contributed by atoms with van der Waals surface area (Å²) in [6.45, 7) is 3.30. The van der Waals surface area contributed by atoms with Crippen LogP contribution in [0.25, 0.3) is 0 Å². The summed E-state index contributed by atoms with van der Waals surface area (Å²) in [7, 11) is 0. The summed E-state index contributed by atoms with van der Waals surface area (Å²) in [6.07, 6.45) is -0.233. The lowest BCUT2D eigenvalue weighted by Gasteiger charge is -2.24. The van der Waals surface area contributed by atoms with E-state index in [9.17, 15) is 0 Å². The summed E-state index contributed by atoms with van der Waals surface area (Å²) in [6, 6.07) is 7.62. The van der Waals surface area contributed by atoms with Crippen LogP contribution in [-0.2, 0) is 0 Å². The summed E-state index contributed by atoms with van der Waals surface area (Å²) in [4.78, 5) is 4.39. The number of hydrogen-bond acceptors (Lipinski definition) is 6. The Morgan fingerprint density at radius 1 is 1.39 bits per heavy atom. The van der Waals surface area contributed by atoms with Gasteiger partial charge in [-0.15, -0.1) is 0 Å². The normalized spacial score (nSPS) is 17.5. The van der Waals surface area contributed by atoms with Gasteiger partial charge in [-0.25, -0.2) is 0 Å². The molecule has 6 heteroatoms. The summed E-state index contributed by atoms with van der Waals surface area (Å²) in [5.41, 5.74) is 0. The van der Waals surface area contributed by atoms with Gasteiger partial charge in [-0.3, -0.25) is 0 Å². The van der Waals surface area contributed by atoms with Crippen molar-refractivity contribution >= 4 is 16.7 Å². The Hall–Kier alpha value is -1.82. The molecule has 1 unspecified atom stereocenters. The van der Waals surface area contributed by atoms with Crippen molar-refractivity contribution in [2.45, 2.75) is 13.0 Å². The first-order chi connectivity index (χ1) is 8.86. The summed E-state index contributed by atoms with van der Waals surface area (Å²) in [5.74, 6) is 2.19. The Balaban J connectivity index is 1.78. The van der Waals surface area contributed by atoms with E-state index in [-0.39, 0.29) is 6.10 Å². The largest absolute Gasteiger partial charge is 0.485 e. The van der Waals surface area contributed by atoms with Gasteiger partial charge in [0.15, 0.2) is 23.4 Å². The molecule has 1 aromatic heterocycles. The zero-order chi connectivity index (χ0) is 12.4. The van der Waals surface area contributed by atoms with E-state index in [1.54, 1.807) is 0 Å². The minimum Gasteiger partial charge on any atom is -0.485 e. The average Bonchev–Trinajstić information content (AvgIpc) is 2.87. The molecule has 0 saturated carbocycles. The highest BCUT2D eigenvalue weighted by Gasteiger charge is 2.25. The smallest absolute Gasteiger partial charge is 0.202 e. The Labute approximate surface area is 109 Å². The highest BCUT2D eigenvalue weighted by Crippen LogP contribution is 2.35. The molecule has 0 saturated heterocycles. The summed E-state index contributed by atoms with van der Waals surface area (Å²) in [5, 5.41) is 3.95. The first kappa shape index (κ1) is 11.3. The number of aromatic nitrogens is 2. The molecule has 0 spiro atoms. The molecule has 2 aromatic rings. The molecule has 1 aromatic carbocycles. The Morgan fingerprint density at radius 2 is 2.22 bits per heavy atom. The minimum absolute atomic E-state index is 0.233. The van der Waals surface area contributed by atoms with Crippen LogP contribution in [0.15, 0.2) is 24.3 Å². The molecule has 0 bridgehead atoms. The maximum Gasteiger partial charge on any atom is 0.202 e. The van der Waals surface area contributed by atoms with E-state index in [1.165, 1.54) is 11.5 Å². The van der Waals surface area contributed by atoms with Crippen molar-refractivity contribution in [1.29, 1.82) is 0 Å². The van der Waals surface area contributed by atoms with Crippen LogP contribution in [0.1, 0.15) is 18.9 Å². The second-order valence-corrected chi connectivity index (χ2v) is 4.60. The van der Waals surface area contributed by atoms with E-state index >= 15 is 0 Å². The van der Waals surface area contributed by atoms with E-state index in [0.717, 1.165) is 23.2 Å². The van der Waals surface area contributed by atoms with Gasteiger partial charge in [-0.1, -0.05) is 12.1 Å². The molecule has 18 heavy (non-hydrogen) atoms. The van der Waals surface area contributed by atoms with E-state index in [1.807, 2.05) is 31.2 Å². The van der Waals surface area contributed by atoms with Crippen LogP contribution >= 0.6 is 11.5 Å². The molecule has 1 N–H and O–H groups in total. The van der Waals surface area contributed by atoms with Gasteiger partial charge in [0.1, 0.15) is 6.61 Å². The first-order valence-electron chi connectivity index (χ1n) is 5.83. The standard InChI is InChI=1S/C12H13N3O2S/c1-2-13-12-14-11(15-18-12)10-7-16-8-5-3-4-6-9(8)17-10/h3-6,10H,2,7H2,1H3,(H,13,14,15). The van der Waals surface area contributed by atoms with Crippen molar-refractivity contribution in [2.24, 2.45) is 0 Å². The van der Waals surface area contributed by atoms with Gasteiger partial charge in [0.05, 0.1) is 0 Å². The van der Waals surface area contributed by atoms with Gasteiger partial charge in [-0.2, -0.15) is 9.36 Å². The quantitative estimate of drug-likeness (QED) is 0.922. The lowest BCUT2D eigenvalue weighted by Crippen LogP contribution is -2.22. The monoisotopic (exact) mass is 263 g/mol. The number of para-hydroxylation sites is 2. The molecule has 0 aliphatic carbocycles. The molecule has 1 aliphatic rings. The topological polar surface area (TPSA) is 56.3 Å². The maximum atomic E-state index is 5.84. The molecule has 1 atom stereocenters. The Bertz CT molecular complexity index is 544. The van der Waals surface area contributed by atoms with Crippen molar-refractivity contribution in [1.82, 2.24) is 9.36 Å². The fourth-order valence-corrected chi connectivity index (χ4v) is 2.42. The maximum absolute atomic E-state index is 5.84. The Kier molecular flexibility index (Phi) is 3.02. The second-order valence-electron chi connectivity index (χ2n) is 3.85. The van der Waals surface area contributed by atoms with Crippen molar-refractivity contribution in [3.63, 3.8) is 0 Å². The summed E-state index contributed by atoms with van der Waals surface area (Å²) >= 11 is 1.34. The number of anilines is 1.